The van der Waals surface area contributed by atoms with Crippen molar-refractivity contribution >= 4 is 17.5 Å². The van der Waals surface area contributed by atoms with E-state index in [1.807, 2.05) is 6.07 Å². The summed E-state index contributed by atoms with van der Waals surface area (Å²) in [5.74, 6) is 2.25. The molecule has 0 N–H and O–H groups in total. The maximum absolute atomic E-state index is 11.4. The van der Waals surface area contributed by atoms with Crippen LogP contribution in [0, 0.1) is 12.8 Å². The van der Waals surface area contributed by atoms with Crippen LogP contribution in [0.4, 0.5) is 0 Å². The van der Waals surface area contributed by atoms with E-state index in [1.54, 1.807) is 18.0 Å². The molecule has 1 fully saturated rings. The second-order valence-electron chi connectivity index (χ2n) is 3.65. The molecule has 0 radical (unpaired) electrons. The third-order valence-electron chi connectivity index (χ3n) is 2.58. The predicted molar refractivity (Wildman–Crippen MR) is 58.5 cm³/mol. The summed E-state index contributed by atoms with van der Waals surface area (Å²) >= 11 is 1.74. The molecule has 1 aliphatic heterocycles. The molecule has 0 aliphatic carbocycles. The molecular weight excluding hydrogens is 194 g/mol. The van der Waals surface area contributed by atoms with Crippen molar-refractivity contribution in [2.45, 2.75) is 13.3 Å². The molecule has 0 saturated carbocycles. The standard InChI is InChI=1S/C11H13NOS/c1-8-3-2-4-12-10(8)5-9-6-14-7-11(9)13/h2-4,9H,5-7H2,1H3. The summed E-state index contributed by atoms with van der Waals surface area (Å²) < 4.78 is 0. The van der Waals surface area contributed by atoms with Crippen LogP contribution in [0.1, 0.15) is 11.3 Å². The van der Waals surface area contributed by atoms with Gasteiger partial charge in [-0.3, -0.25) is 9.78 Å². The molecule has 74 valence electrons. The SMILES string of the molecule is Cc1cccnc1CC1CSCC1=O. The number of aryl methyl sites for hydroxylation is 1. The molecule has 1 saturated heterocycles. The number of aromatic nitrogens is 1. The van der Waals surface area contributed by atoms with Gasteiger partial charge in [0.1, 0.15) is 5.78 Å². The lowest BCUT2D eigenvalue weighted by molar-refractivity contribution is -0.119. The Bertz CT molecular complexity index is 351. The van der Waals surface area contributed by atoms with Crippen molar-refractivity contribution in [2.24, 2.45) is 5.92 Å². The van der Waals surface area contributed by atoms with Crippen LogP contribution in [0.3, 0.4) is 0 Å². The highest BCUT2D eigenvalue weighted by Crippen LogP contribution is 2.23. The number of hydrogen-bond donors (Lipinski definition) is 0. The van der Waals surface area contributed by atoms with E-state index in [-0.39, 0.29) is 5.92 Å². The fraction of sp³-hybridized carbons (Fsp3) is 0.455. The molecule has 0 amide bonds. The first kappa shape index (κ1) is 9.71. The van der Waals surface area contributed by atoms with Gasteiger partial charge in [-0.15, -0.1) is 0 Å². The van der Waals surface area contributed by atoms with Gasteiger partial charge < -0.3 is 0 Å². The van der Waals surface area contributed by atoms with Crippen molar-refractivity contribution in [3.8, 4) is 0 Å². The highest BCUT2D eigenvalue weighted by Gasteiger charge is 2.25. The van der Waals surface area contributed by atoms with Crippen LogP contribution in [0.5, 0.6) is 0 Å². The molecule has 0 spiro atoms. The molecule has 0 aromatic carbocycles. The minimum atomic E-state index is 0.202. The van der Waals surface area contributed by atoms with Crippen LogP contribution in [-0.4, -0.2) is 22.3 Å². The van der Waals surface area contributed by atoms with Gasteiger partial charge in [0.2, 0.25) is 0 Å². The first-order valence-electron chi connectivity index (χ1n) is 4.78. The average molecular weight is 207 g/mol. The van der Waals surface area contributed by atoms with E-state index >= 15 is 0 Å². The second kappa shape index (κ2) is 4.13. The van der Waals surface area contributed by atoms with Crippen molar-refractivity contribution in [1.29, 1.82) is 0 Å². The summed E-state index contributed by atoms with van der Waals surface area (Å²) in [6, 6.07) is 3.99. The van der Waals surface area contributed by atoms with E-state index in [2.05, 4.69) is 18.0 Å². The van der Waals surface area contributed by atoms with Crippen LogP contribution in [0.15, 0.2) is 18.3 Å². The van der Waals surface area contributed by atoms with Gasteiger partial charge in [0.05, 0.1) is 5.75 Å². The number of nitrogens with zero attached hydrogens (tertiary/aromatic N) is 1. The summed E-state index contributed by atoms with van der Waals surface area (Å²) in [4.78, 5) is 15.8. The number of hydrogen-bond acceptors (Lipinski definition) is 3. The van der Waals surface area contributed by atoms with E-state index in [0.29, 0.717) is 11.5 Å². The number of carbonyl (C=O) groups excluding carboxylic acids is 1. The monoisotopic (exact) mass is 207 g/mol. The molecule has 2 rings (SSSR count). The predicted octanol–water partition coefficient (Wildman–Crippen LogP) is 1.86. The van der Waals surface area contributed by atoms with E-state index < -0.39 is 0 Å². The smallest absolute Gasteiger partial charge is 0.147 e. The number of ketones is 1. The summed E-state index contributed by atoms with van der Waals surface area (Å²) in [5, 5.41) is 0. The van der Waals surface area contributed by atoms with Crippen molar-refractivity contribution in [1.82, 2.24) is 4.98 Å². The minimum absolute atomic E-state index is 0.202. The fourth-order valence-corrected chi connectivity index (χ4v) is 2.79. The molecule has 2 nitrogen and oxygen atoms in total. The Kier molecular flexibility index (Phi) is 2.87. The van der Waals surface area contributed by atoms with Gasteiger partial charge in [-0.1, -0.05) is 6.07 Å². The third kappa shape index (κ3) is 1.98. The molecular formula is C11H13NOS. The Hall–Kier alpha value is -0.830. The van der Waals surface area contributed by atoms with Gasteiger partial charge in [-0.25, -0.2) is 0 Å². The number of pyridine rings is 1. The highest BCUT2D eigenvalue weighted by atomic mass is 32.2. The number of carbonyl (C=O) groups is 1. The summed E-state index contributed by atoms with van der Waals surface area (Å²) in [6.45, 7) is 2.05. The van der Waals surface area contributed by atoms with Crippen LogP contribution in [-0.2, 0) is 11.2 Å². The average Bonchev–Trinajstić information content (AvgIpc) is 2.56. The maximum Gasteiger partial charge on any atom is 0.147 e. The summed E-state index contributed by atoms with van der Waals surface area (Å²) in [6.07, 6.45) is 2.62. The van der Waals surface area contributed by atoms with Gasteiger partial charge in [0.15, 0.2) is 0 Å². The normalized spacial score (nSPS) is 21.5. The Morgan fingerprint density at radius 3 is 3.14 bits per heavy atom. The van der Waals surface area contributed by atoms with Crippen molar-refractivity contribution in [3.63, 3.8) is 0 Å². The van der Waals surface area contributed by atoms with Gasteiger partial charge in [0, 0.05) is 30.0 Å². The molecule has 1 unspecified atom stereocenters. The molecule has 1 atom stereocenters. The van der Waals surface area contributed by atoms with Crippen molar-refractivity contribution < 1.29 is 4.79 Å². The van der Waals surface area contributed by atoms with Gasteiger partial charge in [-0.05, 0) is 18.6 Å². The Morgan fingerprint density at radius 2 is 2.50 bits per heavy atom. The molecule has 1 aromatic heterocycles. The lowest BCUT2D eigenvalue weighted by Crippen LogP contribution is -2.15. The topological polar surface area (TPSA) is 30.0 Å². The zero-order chi connectivity index (χ0) is 9.97. The lowest BCUT2D eigenvalue weighted by atomic mass is 9.99. The molecule has 0 bridgehead atoms. The van der Waals surface area contributed by atoms with Gasteiger partial charge in [-0.2, -0.15) is 11.8 Å². The zero-order valence-electron chi connectivity index (χ0n) is 8.19. The second-order valence-corrected chi connectivity index (χ2v) is 4.68. The Balaban J connectivity index is 2.10. The van der Waals surface area contributed by atoms with Crippen molar-refractivity contribution in [3.05, 3.63) is 29.6 Å². The van der Waals surface area contributed by atoms with Crippen LogP contribution in [0.25, 0.3) is 0 Å². The maximum atomic E-state index is 11.4. The summed E-state index contributed by atoms with van der Waals surface area (Å²) in [7, 11) is 0. The van der Waals surface area contributed by atoms with Gasteiger partial charge >= 0.3 is 0 Å². The molecule has 1 aliphatic rings. The molecule has 2 heterocycles. The quantitative estimate of drug-likeness (QED) is 0.741. The van der Waals surface area contributed by atoms with Crippen LogP contribution >= 0.6 is 11.8 Å². The number of rotatable bonds is 2. The largest absolute Gasteiger partial charge is 0.298 e. The first-order valence-corrected chi connectivity index (χ1v) is 5.94. The summed E-state index contributed by atoms with van der Waals surface area (Å²) in [5.41, 5.74) is 2.27. The molecule has 14 heavy (non-hydrogen) atoms. The van der Waals surface area contributed by atoms with Crippen LogP contribution in [0.2, 0.25) is 0 Å². The van der Waals surface area contributed by atoms with Crippen LogP contribution < -0.4 is 0 Å². The van der Waals surface area contributed by atoms with E-state index in [0.717, 1.165) is 17.9 Å². The van der Waals surface area contributed by atoms with E-state index in [1.165, 1.54) is 5.56 Å². The highest BCUT2D eigenvalue weighted by molar-refractivity contribution is 8.00. The third-order valence-corrected chi connectivity index (χ3v) is 3.70. The lowest BCUT2D eigenvalue weighted by Gasteiger charge is -2.08. The van der Waals surface area contributed by atoms with Crippen molar-refractivity contribution in [2.75, 3.05) is 11.5 Å². The minimum Gasteiger partial charge on any atom is -0.298 e. The number of thioether (sulfide) groups is 1. The zero-order valence-corrected chi connectivity index (χ0v) is 9.01. The number of Topliss-reactive ketones (excluding diaryl/α,β-unsaturated/α-hetero) is 1. The fourth-order valence-electron chi connectivity index (χ4n) is 1.65. The molecule has 1 aromatic rings. The van der Waals surface area contributed by atoms with Gasteiger partial charge in [0.25, 0.3) is 0 Å². The molecule has 3 heteroatoms. The van der Waals surface area contributed by atoms with E-state index in [4.69, 9.17) is 0 Å². The van der Waals surface area contributed by atoms with E-state index in [9.17, 15) is 4.79 Å². The first-order chi connectivity index (χ1) is 6.77. The Labute approximate surface area is 88.1 Å². The Morgan fingerprint density at radius 1 is 1.64 bits per heavy atom.